The number of ether oxygens (including phenoxy) is 3. The number of hydrogen-bond acceptors (Lipinski definition) is 11. The van der Waals surface area contributed by atoms with Crippen LogP contribution in [-0.2, 0) is 33.6 Å². The number of carboxylic acid groups (broad SMARTS) is 1. The lowest BCUT2D eigenvalue weighted by Gasteiger charge is -2.43. The lowest BCUT2D eigenvalue weighted by atomic mass is 9.99. The van der Waals surface area contributed by atoms with Gasteiger partial charge < -0.3 is 39.7 Å². The molecule has 0 amide bonds. The molecule has 0 aromatic heterocycles. The minimum absolute atomic E-state index is 0.721. The maximum atomic E-state index is 11.0. The molecule has 0 aliphatic carbocycles. The molecule has 2 heterocycles. The molecule has 14 heteroatoms. The first kappa shape index (κ1) is 20.9. The Hall–Kier alpha value is -1.36. The first-order valence-electron chi connectivity index (χ1n) is 7.21. The Morgan fingerprint density at radius 2 is 1.77 bits per heavy atom. The molecule has 0 aromatic carbocycles. The van der Waals surface area contributed by atoms with Crippen LogP contribution in [0.3, 0.4) is 0 Å². The van der Waals surface area contributed by atoms with Gasteiger partial charge in [0.25, 0.3) is 0 Å². The quantitative estimate of drug-likeness (QED) is 0.249. The third-order valence-corrected chi connectivity index (χ3v) is 4.16. The number of aliphatic hydroxyl groups is 4. The molecule has 2 rings (SSSR count). The molecule has 8 atom stereocenters. The molecule has 0 saturated carbocycles. The van der Waals surface area contributed by atoms with Crippen molar-refractivity contribution in [2.45, 2.75) is 56.1 Å². The van der Waals surface area contributed by atoms with Crippen molar-refractivity contribution < 1.29 is 61.7 Å². The summed E-state index contributed by atoms with van der Waals surface area (Å²) in [6.07, 6.45) is -13.0. The first-order valence-corrected chi connectivity index (χ1v) is 8.58. The van der Waals surface area contributed by atoms with Gasteiger partial charge >= 0.3 is 16.4 Å². The lowest BCUT2D eigenvalue weighted by molar-refractivity contribution is -0.316. The maximum absolute atomic E-state index is 11.0. The van der Waals surface area contributed by atoms with Crippen LogP contribution in [0.4, 0.5) is 0 Å². The second-order valence-corrected chi connectivity index (χ2v) is 6.66. The fraction of sp³-hybridized carbons (Fsp3) is 0.750. The van der Waals surface area contributed by atoms with Gasteiger partial charge in [0.05, 0.1) is 6.10 Å². The predicted octanol–water partition coefficient (Wildman–Crippen LogP) is -3.30. The van der Waals surface area contributed by atoms with E-state index in [2.05, 4.69) is 4.18 Å². The Balaban J connectivity index is 2.25. The highest BCUT2D eigenvalue weighted by Gasteiger charge is 2.49. The molecule has 0 spiro atoms. The van der Waals surface area contributed by atoms with Crippen LogP contribution in [0.1, 0.15) is 6.92 Å². The van der Waals surface area contributed by atoms with Crippen molar-refractivity contribution in [3.63, 3.8) is 0 Å². The van der Waals surface area contributed by atoms with Crippen LogP contribution in [0, 0.1) is 0 Å². The van der Waals surface area contributed by atoms with Crippen LogP contribution in [0.2, 0.25) is 0 Å². The molecule has 13 nitrogen and oxygen atoms in total. The van der Waals surface area contributed by atoms with Crippen molar-refractivity contribution in [3.8, 4) is 0 Å². The van der Waals surface area contributed by atoms with E-state index in [9.17, 15) is 33.6 Å². The van der Waals surface area contributed by atoms with Gasteiger partial charge in [-0.15, -0.1) is 0 Å². The van der Waals surface area contributed by atoms with Gasteiger partial charge in [-0.2, -0.15) is 8.42 Å². The van der Waals surface area contributed by atoms with E-state index in [0.29, 0.717) is 0 Å². The van der Waals surface area contributed by atoms with Gasteiger partial charge in [-0.1, -0.05) is 0 Å². The minimum Gasteiger partial charge on any atom is -0.475 e. The number of carboxylic acids is 1. The van der Waals surface area contributed by atoms with Gasteiger partial charge in [0.2, 0.25) is 12.0 Å². The fourth-order valence-corrected chi connectivity index (χ4v) is 2.98. The Morgan fingerprint density at radius 1 is 1.15 bits per heavy atom. The summed E-state index contributed by atoms with van der Waals surface area (Å²) in [5.41, 5.74) is 0. The summed E-state index contributed by atoms with van der Waals surface area (Å²) in [6, 6.07) is 0. The molecule has 6 N–H and O–H groups in total. The summed E-state index contributed by atoms with van der Waals surface area (Å²) in [6.45, 7) is 1.28. The highest BCUT2D eigenvalue weighted by Crippen LogP contribution is 2.29. The van der Waals surface area contributed by atoms with Crippen LogP contribution in [-0.4, -0.2) is 93.7 Å². The molecule has 26 heavy (non-hydrogen) atoms. The van der Waals surface area contributed by atoms with Crippen LogP contribution in [0.15, 0.2) is 11.8 Å². The average molecular weight is 402 g/mol. The smallest absolute Gasteiger partial charge is 0.397 e. The Labute approximate surface area is 146 Å². The second kappa shape index (κ2) is 7.71. The van der Waals surface area contributed by atoms with Gasteiger partial charge in [-0.3, -0.25) is 4.55 Å². The van der Waals surface area contributed by atoms with Crippen LogP contribution in [0.25, 0.3) is 0 Å². The van der Waals surface area contributed by atoms with Gasteiger partial charge in [0.1, 0.15) is 30.5 Å². The molecular formula is C12H18O13S. The van der Waals surface area contributed by atoms with E-state index in [-0.39, 0.29) is 0 Å². The summed E-state index contributed by atoms with van der Waals surface area (Å²) in [5.74, 6) is -2.32. The Morgan fingerprint density at radius 3 is 2.31 bits per heavy atom. The normalized spacial score (nSPS) is 41.2. The largest absolute Gasteiger partial charge is 0.475 e. The second-order valence-electron chi connectivity index (χ2n) is 5.62. The highest BCUT2D eigenvalue weighted by molar-refractivity contribution is 7.80. The van der Waals surface area contributed by atoms with Crippen molar-refractivity contribution in [1.29, 1.82) is 0 Å². The zero-order chi connectivity index (χ0) is 19.8. The summed E-state index contributed by atoms with van der Waals surface area (Å²) in [5, 5.41) is 47.9. The number of aliphatic hydroxyl groups excluding tert-OH is 4. The number of carbonyl (C=O) groups is 1. The minimum atomic E-state index is -5.09. The topological polar surface area (TPSA) is 210 Å². The predicted molar refractivity (Wildman–Crippen MR) is 76.5 cm³/mol. The van der Waals surface area contributed by atoms with E-state index in [1.165, 1.54) is 6.92 Å². The number of rotatable bonds is 5. The SMILES string of the molecule is C[C@@H]1O[C@@H](O)[C@H](O)[C@H](OS(=O)(=O)O)[C@H]1O[C@@H]1OC(C(=O)O)=C[C@H](O)[C@H]1O. The van der Waals surface area contributed by atoms with Gasteiger partial charge in [0, 0.05) is 0 Å². The van der Waals surface area contributed by atoms with E-state index in [4.69, 9.17) is 23.9 Å². The molecule has 1 saturated heterocycles. The van der Waals surface area contributed by atoms with Gasteiger partial charge in [0.15, 0.2) is 6.29 Å². The molecule has 1 fully saturated rings. The van der Waals surface area contributed by atoms with Crippen molar-refractivity contribution in [2.24, 2.45) is 0 Å². The zero-order valence-corrected chi connectivity index (χ0v) is 14.0. The van der Waals surface area contributed by atoms with Crippen molar-refractivity contribution in [3.05, 3.63) is 11.8 Å². The highest BCUT2D eigenvalue weighted by atomic mass is 32.3. The molecule has 0 aromatic rings. The first-order chi connectivity index (χ1) is 11.9. The molecule has 0 unspecified atom stereocenters. The summed E-state index contributed by atoms with van der Waals surface area (Å²) in [4.78, 5) is 11.0. The van der Waals surface area contributed by atoms with Gasteiger partial charge in [-0.05, 0) is 13.0 Å². The molecule has 0 radical (unpaired) electrons. The van der Waals surface area contributed by atoms with E-state index in [0.717, 1.165) is 6.08 Å². The van der Waals surface area contributed by atoms with Crippen molar-refractivity contribution in [2.75, 3.05) is 0 Å². The van der Waals surface area contributed by atoms with Crippen LogP contribution in [0.5, 0.6) is 0 Å². The van der Waals surface area contributed by atoms with Crippen LogP contribution >= 0.6 is 0 Å². The summed E-state index contributed by atoms with van der Waals surface area (Å²) in [7, 11) is -5.09. The number of aliphatic carboxylic acids is 1. The van der Waals surface area contributed by atoms with E-state index in [1.54, 1.807) is 0 Å². The fourth-order valence-electron chi connectivity index (χ4n) is 2.48. The zero-order valence-electron chi connectivity index (χ0n) is 13.1. The van der Waals surface area contributed by atoms with E-state index in [1.807, 2.05) is 0 Å². The maximum Gasteiger partial charge on any atom is 0.397 e. The van der Waals surface area contributed by atoms with Gasteiger partial charge in [-0.25, -0.2) is 8.98 Å². The molecular weight excluding hydrogens is 384 g/mol. The van der Waals surface area contributed by atoms with Crippen molar-refractivity contribution >= 4 is 16.4 Å². The molecule has 2 aliphatic heterocycles. The number of hydrogen-bond donors (Lipinski definition) is 6. The third kappa shape index (κ3) is 4.67. The monoisotopic (exact) mass is 402 g/mol. The summed E-state index contributed by atoms with van der Waals surface area (Å²) >= 11 is 0. The lowest BCUT2D eigenvalue weighted by Crippen LogP contribution is -2.61. The van der Waals surface area contributed by atoms with Crippen molar-refractivity contribution in [1.82, 2.24) is 0 Å². The molecule has 0 bridgehead atoms. The summed E-state index contributed by atoms with van der Waals surface area (Å²) < 4.78 is 50.2. The average Bonchev–Trinajstić information content (AvgIpc) is 2.50. The van der Waals surface area contributed by atoms with E-state index < -0.39 is 71.3 Å². The Bertz CT molecular complexity index is 660. The van der Waals surface area contributed by atoms with Crippen LogP contribution < -0.4 is 0 Å². The molecule has 2 aliphatic rings. The molecule has 150 valence electrons. The standard InChI is InChI=1S/C12H18O13S/c1-3-8(9(25-26(19,20)21)7(15)11(18)22-3)24-12-6(14)4(13)2-5(23-12)10(16)17/h2-4,6-9,11-15,18H,1H3,(H,16,17)(H,19,20,21)/t3-,4-,6+,7+,8-,9-,11+,12-/m0/s1. The van der Waals surface area contributed by atoms with E-state index >= 15 is 0 Å². The Kier molecular flexibility index (Phi) is 6.21. The third-order valence-electron chi connectivity index (χ3n) is 3.70.